The third-order valence-electron chi connectivity index (χ3n) is 7.97. The van der Waals surface area contributed by atoms with Gasteiger partial charge in [-0.25, -0.2) is 0 Å². The largest absolute Gasteiger partial charge is 0.493 e. The molecule has 7 rings (SSSR count). The fourth-order valence-corrected chi connectivity index (χ4v) is 6.11. The maximum absolute atomic E-state index is 6.23. The number of hydrogen-bond donors (Lipinski definition) is 2. The van der Waals surface area contributed by atoms with Crippen LogP contribution in [0.4, 0.5) is 5.69 Å². The Balaban J connectivity index is 1.18. The van der Waals surface area contributed by atoms with Crippen molar-refractivity contribution in [2.75, 3.05) is 58.3 Å². The molecule has 3 aliphatic heterocycles. The van der Waals surface area contributed by atoms with Gasteiger partial charge in [-0.15, -0.1) is 0 Å². The van der Waals surface area contributed by atoms with E-state index in [1.54, 1.807) is 7.11 Å². The number of rotatable bonds is 9. The second kappa shape index (κ2) is 8.71. The maximum Gasteiger partial charge on any atom is 0.163 e. The van der Waals surface area contributed by atoms with Crippen LogP contribution in [0.15, 0.2) is 12.1 Å². The van der Waals surface area contributed by atoms with Gasteiger partial charge in [0.15, 0.2) is 11.5 Å². The van der Waals surface area contributed by atoms with Gasteiger partial charge in [0, 0.05) is 68.0 Å². The van der Waals surface area contributed by atoms with Crippen molar-refractivity contribution < 1.29 is 9.47 Å². The zero-order chi connectivity index (χ0) is 21.5. The lowest BCUT2D eigenvalue weighted by atomic mass is 9.71. The van der Waals surface area contributed by atoms with Crippen molar-refractivity contribution in [3.8, 4) is 11.5 Å². The molecule has 0 spiro atoms. The van der Waals surface area contributed by atoms with Gasteiger partial charge in [0.05, 0.1) is 19.2 Å². The Morgan fingerprint density at radius 3 is 2.72 bits per heavy atom. The first-order valence-corrected chi connectivity index (χ1v) is 12.6. The van der Waals surface area contributed by atoms with Gasteiger partial charge in [-0.3, -0.25) is 4.98 Å². The molecule has 2 N–H and O–H groups in total. The number of ether oxygens (including phenoxy) is 2. The molecule has 0 atom stereocenters. The monoisotopic (exact) mass is 436 g/mol. The van der Waals surface area contributed by atoms with E-state index < -0.39 is 0 Å². The number of hydrogen-bond acceptors (Lipinski definition) is 6. The second-order valence-electron chi connectivity index (χ2n) is 10.4. The average Bonchev–Trinajstić information content (AvgIpc) is 3.22. The molecule has 6 heteroatoms. The number of nitrogens with zero attached hydrogens (tertiary/aromatic N) is 2. The molecule has 6 nitrogen and oxygen atoms in total. The van der Waals surface area contributed by atoms with E-state index in [0.717, 1.165) is 86.3 Å². The van der Waals surface area contributed by atoms with E-state index in [9.17, 15) is 0 Å². The summed E-state index contributed by atoms with van der Waals surface area (Å²) in [5.74, 6) is 4.27. The molecular weight excluding hydrogens is 400 g/mol. The van der Waals surface area contributed by atoms with Crippen LogP contribution in [0.25, 0.3) is 10.9 Å². The van der Waals surface area contributed by atoms with Crippen LogP contribution < -0.4 is 20.1 Å². The van der Waals surface area contributed by atoms with Crippen LogP contribution in [0.3, 0.4) is 0 Å². The third kappa shape index (κ3) is 3.92. The minimum absolute atomic E-state index is 0.713. The number of methoxy groups -OCH3 is 1. The molecular formula is C26H36N4O2. The normalized spacial score (nSPS) is 24.7. The molecule has 2 aliphatic carbocycles. The molecule has 5 aliphatic rings. The fraction of sp³-hybridized carbons (Fsp3) is 0.654. The van der Waals surface area contributed by atoms with Gasteiger partial charge >= 0.3 is 0 Å². The smallest absolute Gasteiger partial charge is 0.163 e. The highest BCUT2D eigenvalue weighted by atomic mass is 16.5. The van der Waals surface area contributed by atoms with Crippen LogP contribution in [0.1, 0.15) is 36.9 Å². The van der Waals surface area contributed by atoms with Crippen LogP contribution in [0.5, 0.6) is 11.5 Å². The van der Waals surface area contributed by atoms with Crippen molar-refractivity contribution in [2.45, 2.75) is 38.5 Å². The molecule has 2 aromatic rings. The van der Waals surface area contributed by atoms with E-state index in [2.05, 4.69) is 27.7 Å². The average molecular weight is 437 g/mol. The third-order valence-corrected chi connectivity index (χ3v) is 7.97. The van der Waals surface area contributed by atoms with Crippen molar-refractivity contribution >= 4 is 16.6 Å². The number of aryl methyl sites for hydroxylation is 1. The van der Waals surface area contributed by atoms with Crippen molar-refractivity contribution in [1.82, 2.24) is 15.2 Å². The topological polar surface area (TPSA) is 58.6 Å². The standard InChI is InChI=1S/C26H36N4O2/c1-31-24-10-21-23(11-25(24)32-7-3-6-30-15-17-8-18(9-17)16-30)29-22-5-2-4-20(22)26(21)28-14-19-12-27-13-19/h10-11,17-19,27H,2-9,12-16H2,1H3,(H,28,29). The number of aromatic nitrogens is 1. The number of fused-ring (bicyclic) bond motifs is 4. The van der Waals surface area contributed by atoms with E-state index >= 15 is 0 Å². The van der Waals surface area contributed by atoms with E-state index in [-0.39, 0.29) is 0 Å². The molecule has 1 aromatic carbocycles. The molecule has 1 aromatic heterocycles. The lowest BCUT2D eigenvalue weighted by molar-refractivity contribution is 0.0251. The van der Waals surface area contributed by atoms with Gasteiger partial charge < -0.3 is 25.0 Å². The summed E-state index contributed by atoms with van der Waals surface area (Å²) in [6, 6.07) is 4.23. The first-order chi connectivity index (χ1) is 15.8. The lowest BCUT2D eigenvalue weighted by Gasteiger charge is -2.47. The highest BCUT2D eigenvalue weighted by Gasteiger charge is 2.36. The summed E-state index contributed by atoms with van der Waals surface area (Å²) in [6.07, 6.45) is 7.36. The predicted octanol–water partition coefficient (Wildman–Crippen LogP) is 3.47. The molecule has 0 amide bonds. The highest BCUT2D eigenvalue weighted by Crippen LogP contribution is 2.41. The Hall–Kier alpha value is -2.05. The molecule has 4 fully saturated rings. The molecule has 0 unspecified atom stereocenters. The Bertz CT molecular complexity index is 974. The Morgan fingerprint density at radius 1 is 1.12 bits per heavy atom. The van der Waals surface area contributed by atoms with Crippen LogP contribution in [-0.4, -0.2) is 62.9 Å². The second-order valence-corrected chi connectivity index (χ2v) is 10.4. The Morgan fingerprint density at radius 2 is 1.97 bits per heavy atom. The molecule has 32 heavy (non-hydrogen) atoms. The van der Waals surface area contributed by atoms with Crippen LogP contribution in [0.2, 0.25) is 0 Å². The van der Waals surface area contributed by atoms with Crippen LogP contribution in [0, 0.1) is 17.8 Å². The summed E-state index contributed by atoms with van der Waals surface area (Å²) in [6.45, 7) is 7.67. The van der Waals surface area contributed by atoms with Gasteiger partial charge in [0.1, 0.15) is 0 Å². The quantitative estimate of drug-likeness (QED) is 0.587. The maximum atomic E-state index is 6.23. The molecule has 0 radical (unpaired) electrons. The predicted molar refractivity (Wildman–Crippen MR) is 128 cm³/mol. The van der Waals surface area contributed by atoms with Gasteiger partial charge in [-0.2, -0.15) is 0 Å². The zero-order valence-corrected chi connectivity index (χ0v) is 19.3. The van der Waals surface area contributed by atoms with Crippen molar-refractivity contribution in [3.05, 3.63) is 23.4 Å². The molecule has 4 heterocycles. The van der Waals surface area contributed by atoms with E-state index in [1.807, 2.05) is 0 Å². The summed E-state index contributed by atoms with van der Waals surface area (Å²) < 4.78 is 12.0. The minimum Gasteiger partial charge on any atom is -0.493 e. The van der Waals surface area contributed by atoms with Crippen LogP contribution >= 0.6 is 0 Å². The molecule has 1 saturated carbocycles. The van der Waals surface area contributed by atoms with E-state index in [0.29, 0.717) is 5.92 Å². The van der Waals surface area contributed by atoms with Crippen LogP contribution in [-0.2, 0) is 12.8 Å². The fourth-order valence-electron chi connectivity index (χ4n) is 6.11. The number of benzene rings is 1. The van der Waals surface area contributed by atoms with Gasteiger partial charge in [0.2, 0.25) is 0 Å². The Labute approximate surface area is 191 Å². The first kappa shape index (κ1) is 20.5. The minimum atomic E-state index is 0.713. The van der Waals surface area contributed by atoms with Crippen molar-refractivity contribution in [2.24, 2.45) is 17.8 Å². The van der Waals surface area contributed by atoms with Gasteiger partial charge in [0.25, 0.3) is 0 Å². The number of piperidine rings is 2. The van der Waals surface area contributed by atoms with Gasteiger partial charge in [-0.1, -0.05) is 0 Å². The number of anilines is 1. The number of nitrogens with one attached hydrogen (secondary N) is 2. The summed E-state index contributed by atoms with van der Waals surface area (Å²) >= 11 is 0. The van der Waals surface area contributed by atoms with Crippen molar-refractivity contribution in [1.29, 1.82) is 0 Å². The molecule has 2 bridgehead atoms. The summed E-state index contributed by atoms with van der Waals surface area (Å²) in [4.78, 5) is 7.66. The Kier molecular flexibility index (Phi) is 5.59. The van der Waals surface area contributed by atoms with Gasteiger partial charge in [-0.05, 0) is 62.0 Å². The first-order valence-electron chi connectivity index (χ1n) is 12.6. The number of pyridine rings is 1. The highest BCUT2D eigenvalue weighted by molar-refractivity contribution is 5.96. The molecule has 3 saturated heterocycles. The van der Waals surface area contributed by atoms with E-state index in [1.165, 1.54) is 49.3 Å². The van der Waals surface area contributed by atoms with E-state index in [4.69, 9.17) is 14.5 Å². The SMILES string of the molecule is COc1cc2c(NCC3CNC3)c3c(nc2cc1OCCCN1CC2CC(C2)C1)CCC3. The summed E-state index contributed by atoms with van der Waals surface area (Å²) in [5.41, 5.74) is 4.95. The lowest BCUT2D eigenvalue weighted by Crippen LogP contribution is -2.48. The zero-order valence-electron chi connectivity index (χ0n) is 19.3. The van der Waals surface area contributed by atoms with Crippen molar-refractivity contribution in [3.63, 3.8) is 0 Å². The summed E-state index contributed by atoms with van der Waals surface area (Å²) in [5, 5.41) is 8.31. The summed E-state index contributed by atoms with van der Waals surface area (Å²) in [7, 11) is 1.74. The molecule has 172 valence electrons.